The molecule has 0 aliphatic heterocycles. The SMILES string of the molecule is CC(C)CCNC(=O)[C@H](N)c1ccccc1. The van der Waals surface area contributed by atoms with Crippen LogP contribution in [0.1, 0.15) is 31.9 Å². The number of rotatable bonds is 5. The van der Waals surface area contributed by atoms with Crippen LogP contribution in [0.4, 0.5) is 0 Å². The largest absolute Gasteiger partial charge is 0.354 e. The molecule has 0 bridgehead atoms. The van der Waals surface area contributed by atoms with Crippen molar-refractivity contribution in [2.75, 3.05) is 6.54 Å². The Morgan fingerprint density at radius 3 is 2.50 bits per heavy atom. The first-order chi connectivity index (χ1) is 7.61. The van der Waals surface area contributed by atoms with Gasteiger partial charge >= 0.3 is 0 Å². The van der Waals surface area contributed by atoms with Crippen molar-refractivity contribution in [2.24, 2.45) is 11.7 Å². The first-order valence-corrected chi connectivity index (χ1v) is 5.69. The second kappa shape index (κ2) is 6.28. The van der Waals surface area contributed by atoms with Gasteiger partial charge in [-0.1, -0.05) is 44.2 Å². The van der Waals surface area contributed by atoms with Crippen molar-refractivity contribution < 1.29 is 4.79 Å². The quantitative estimate of drug-likeness (QED) is 0.795. The van der Waals surface area contributed by atoms with Crippen LogP contribution in [-0.2, 0) is 4.79 Å². The zero-order chi connectivity index (χ0) is 12.0. The molecule has 1 rings (SSSR count). The van der Waals surface area contributed by atoms with Crippen LogP contribution in [0.25, 0.3) is 0 Å². The average molecular weight is 220 g/mol. The Balaban J connectivity index is 2.43. The topological polar surface area (TPSA) is 55.1 Å². The Hall–Kier alpha value is -1.35. The first-order valence-electron chi connectivity index (χ1n) is 5.69. The lowest BCUT2D eigenvalue weighted by molar-refractivity contribution is -0.122. The molecule has 0 heterocycles. The number of nitrogens with two attached hydrogens (primary N) is 1. The van der Waals surface area contributed by atoms with Gasteiger partial charge in [-0.3, -0.25) is 4.79 Å². The first kappa shape index (κ1) is 12.7. The Morgan fingerprint density at radius 2 is 1.94 bits per heavy atom. The molecule has 0 fully saturated rings. The molecule has 1 amide bonds. The van der Waals surface area contributed by atoms with Gasteiger partial charge in [0, 0.05) is 6.54 Å². The molecule has 0 saturated carbocycles. The molecule has 0 aliphatic rings. The predicted molar refractivity (Wildman–Crippen MR) is 65.8 cm³/mol. The summed E-state index contributed by atoms with van der Waals surface area (Å²) in [6.45, 7) is 4.95. The summed E-state index contributed by atoms with van der Waals surface area (Å²) < 4.78 is 0. The van der Waals surface area contributed by atoms with Gasteiger partial charge in [0.05, 0.1) is 0 Å². The van der Waals surface area contributed by atoms with Gasteiger partial charge in [-0.2, -0.15) is 0 Å². The summed E-state index contributed by atoms with van der Waals surface area (Å²) in [5.41, 5.74) is 6.69. The number of carbonyl (C=O) groups excluding carboxylic acids is 1. The average Bonchev–Trinajstić information content (AvgIpc) is 2.28. The van der Waals surface area contributed by atoms with Crippen molar-refractivity contribution in [3.05, 3.63) is 35.9 Å². The molecule has 1 aromatic carbocycles. The molecule has 0 aliphatic carbocycles. The smallest absolute Gasteiger partial charge is 0.241 e. The molecule has 0 unspecified atom stereocenters. The third kappa shape index (κ3) is 4.03. The lowest BCUT2D eigenvalue weighted by Crippen LogP contribution is -2.34. The van der Waals surface area contributed by atoms with Gasteiger partial charge in [0.25, 0.3) is 0 Å². The summed E-state index contributed by atoms with van der Waals surface area (Å²) >= 11 is 0. The third-order valence-electron chi connectivity index (χ3n) is 2.46. The van der Waals surface area contributed by atoms with E-state index in [1.807, 2.05) is 30.3 Å². The van der Waals surface area contributed by atoms with Crippen LogP contribution in [0.15, 0.2) is 30.3 Å². The maximum absolute atomic E-state index is 11.7. The van der Waals surface area contributed by atoms with Gasteiger partial charge in [-0.25, -0.2) is 0 Å². The van der Waals surface area contributed by atoms with Crippen molar-refractivity contribution >= 4 is 5.91 Å². The summed E-state index contributed by atoms with van der Waals surface area (Å²) in [7, 11) is 0. The number of benzene rings is 1. The van der Waals surface area contributed by atoms with Crippen molar-refractivity contribution in [2.45, 2.75) is 26.3 Å². The van der Waals surface area contributed by atoms with E-state index in [4.69, 9.17) is 5.73 Å². The molecule has 0 saturated heterocycles. The van der Waals surface area contributed by atoms with Crippen LogP contribution in [0, 0.1) is 5.92 Å². The van der Waals surface area contributed by atoms with E-state index in [0.29, 0.717) is 12.5 Å². The molecule has 3 N–H and O–H groups in total. The van der Waals surface area contributed by atoms with E-state index in [-0.39, 0.29) is 5.91 Å². The zero-order valence-corrected chi connectivity index (χ0v) is 9.94. The fourth-order valence-electron chi connectivity index (χ4n) is 1.41. The number of hydrogen-bond acceptors (Lipinski definition) is 2. The molecule has 1 atom stereocenters. The summed E-state index contributed by atoms with van der Waals surface area (Å²) in [5, 5.41) is 2.85. The van der Waals surface area contributed by atoms with Gasteiger partial charge in [0.2, 0.25) is 5.91 Å². The minimum absolute atomic E-state index is 0.105. The maximum atomic E-state index is 11.7. The molecule has 1 aromatic rings. The van der Waals surface area contributed by atoms with Gasteiger partial charge < -0.3 is 11.1 Å². The molecule has 88 valence electrons. The highest BCUT2D eigenvalue weighted by Crippen LogP contribution is 2.09. The number of amides is 1. The number of nitrogens with one attached hydrogen (secondary N) is 1. The van der Waals surface area contributed by atoms with Crippen LogP contribution in [0.3, 0.4) is 0 Å². The maximum Gasteiger partial charge on any atom is 0.241 e. The molecule has 3 nitrogen and oxygen atoms in total. The molecular formula is C13H20N2O. The highest BCUT2D eigenvalue weighted by atomic mass is 16.2. The van der Waals surface area contributed by atoms with Crippen molar-refractivity contribution in [1.29, 1.82) is 0 Å². The Labute approximate surface area is 97.0 Å². The summed E-state index contributed by atoms with van der Waals surface area (Å²) in [6, 6.07) is 8.85. The van der Waals surface area contributed by atoms with Crippen LogP contribution in [0.5, 0.6) is 0 Å². The fraction of sp³-hybridized carbons (Fsp3) is 0.462. The van der Waals surface area contributed by atoms with E-state index in [2.05, 4.69) is 19.2 Å². The highest BCUT2D eigenvalue weighted by molar-refractivity contribution is 5.82. The standard InChI is InChI=1S/C13H20N2O/c1-10(2)8-9-15-13(16)12(14)11-6-4-3-5-7-11/h3-7,10,12H,8-9,14H2,1-2H3,(H,15,16)/t12-/m1/s1. The zero-order valence-electron chi connectivity index (χ0n) is 9.94. The summed E-state index contributed by atoms with van der Waals surface area (Å²) in [5.74, 6) is 0.486. The van der Waals surface area contributed by atoms with Crippen molar-refractivity contribution in [3.63, 3.8) is 0 Å². The van der Waals surface area contributed by atoms with E-state index >= 15 is 0 Å². The molecule has 0 spiro atoms. The Bertz CT molecular complexity index is 322. The third-order valence-corrected chi connectivity index (χ3v) is 2.46. The van der Waals surface area contributed by atoms with E-state index in [1.54, 1.807) is 0 Å². The second-order valence-electron chi connectivity index (χ2n) is 4.36. The Morgan fingerprint density at radius 1 is 1.31 bits per heavy atom. The fourth-order valence-corrected chi connectivity index (χ4v) is 1.41. The van der Waals surface area contributed by atoms with Crippen LogP contribution >= 0.6 is 0 Å². The monoisotopic (exact) mass is 220 g/mol. The van der Waals surface area contributed by atoms with E-state index in [0.717, 1.165) is 12.0 Å². The minimum atomic E-state index is -0.562. The van der Waals surface area contributed by atoms with Gasteiger partial charge in [0.15, 0.2) is 0 Å². The van der Waals surface area contributed by atoms with Gasteiger partial charge in [-0.05, 0) is 17.9 Å². The van der Waals surface area contributed by atoms with Crippen LogP contribution in [-0.4, -0.2) is 12.5 Å². The molecule has 3 heteroatoms. The molecule has 0 radical (unpaired) electrons. The van der Waals surface area contributed by atoms with Crippen LogP contribution < -0.4 is 11.1 Å². The molecule has 0 aromatic heterocycles. The van der Waals surface area contributed by atoms with E-state index in [9.17, 15) is 4.79 Å². The van der Waals surface area contributed by atoms with Gasteiger partial charge in [0.1, 0.15) is 6.04 Å². The molecule has 16 heavy (non-hydrogen) atoms. The predicted octanol–water partition coefficient (Wildman–Crippen LogP) is 1.85. The van der Waals surface area contributed by atoms with Crippen LogP contribution in [0.2, 0.25) is 0 Å². The Kier molecular flexibility index (Phi) is 4.99. The normalized spacial score (nSPS) is 12.5. The number of carbonyl (C=O) groups is 1. The van der Waals surface area contributed by atoms with Crippen molar-refractivity contribution in [3.8, 4) is 0 Å². The van der Waals surface area contributed by atoms with E-state index < -0.39 is 6.04 Å². The molecular weight excluding hydrogens is 200 g/mol. The van der Waals surface area contributed by atoms with Gasteiger partial charge in [-0.15, -0.1) is 0 Å². The lowest BCUT2D eigenvalue weighted by atomic mass is 10.1. The minimum Gasteiger partial charge on any atom is -0.354 e. The second-order valence-corrected chi connectivity index (χ2v) is 4.36. The van der Waals surface area contributed by atoms with Crippen molar-refractivity contribution in [1.82, 2.24) is 5.32 Å². The summed E-state index contributed by atoms with van der Waals surface area (Å²) in [4.78, 5) is 11.7. The lowest BCUT2D eigenvalue weighted by Gasteiger charge is -2.13. The highest BCUT2D eigenvalue weighted by Gasteiger charge is 2.14. The number of hydrogen-bond donors (Lipinski definition) is 2. The van der Waals surface area contributed by atoms with E-state index in [1.165, 1.54) is 0 Å². The summed E-state index contributed by atoms with van der Waals surface area (Å²) in [6.07, 6.45) is 0.979.